The largest absolute Gasteiger partial charge is 0.458 e. The van der Waals surface area contributed by atoms with Crippen molar-refractivity contribution >= 4 is 17.9 Å². The third-order valence-corrected chi connectivity index (χ3v) is 6.63. The van der Waals surface area contributed by atoms with E-state index in [1.54, 1.807) is 72.8 Å². The second-order valence-corrected chi connectivity index (χ2v) is 10.7. The lowest BCUT2D eigenvalue weighted by Crippen LogP contribution is -2.06. The third kappa shape index (κ3) is 21.9. The van der Waals surface area contributed by atoms with E-state index in [1.807, 2.05) is 36.4 Å². The summed E-state index contributed by atoms with van der Waals surface area (Å²) in [6, 6.07) is 26.5. The van der Waals surface area contributed by atoms with Gasteiger partial charge in [-0.05, 0) is 67.8 Å². The van der Waals surface area contributed by atoms with Gasteiger partial charge in [-0.1, -0.05) is 138 Å². The van der Waals surface area contributed by atoms with E-state index >= 15 is 0 Å². The molecule has 0 bridgehead atoms. The van der Waals surface area contributed by atoms with Crippen molar-refractivity contribution in [2.45, 2.75) is 78.6 Å². The van der Waals surface area contributed by atoms with E-state index in [2.05, 4.69) is 39.0 Å². The maximum atomic E-state index is 11.6. The van der Waals surface area contributed by atoms with Crippen LogP contribution in [0, 0.1) is 0 Å². The molecule has 0 spiro atoms. The van der Waals surface area contributed by atoms with Crippen LogP contribution in [0.4, 0.5) is 0 Å². The first-order valence-corrected chi connectivity index (χ1v) is 17.1. The SMILES string of the molecule is CCCCC=CCCCC.CCCCC=CCOC(=O)c1ccccc1.O=C(OCC=CCOC(=O)c1ccccc1)c1ccccc1. The quantitative estimate of drug-likeness (QED) is 0.0588. The van der Waals surface area contributed by atoms with Crippen LogP contribution >= 0.6 is 0 Å². The van der Waals surface area contributed by atoms with Gasteiger partial charge in [-0.3, -0.25) is 0 Å². The number of benzene rings is 3. The highest BCUT2D eigenvalue weighted by Crippen LogP contribution is 2.04. The van der Waals surface area contributed by atoms with Crippen LogP contribution in [0.25, 0.3) is 0 Å². The first-order chi connectivity index (χ1) is 23.5. The Bertz CT molecular complexity index is 1250. The molecule has 0 aromatic heterocycles. The molecule has 0 N–H and O–H groups in total. The van der Waals surface area contributed by atoms with Gasteiger partial charge in [-0.25, -0.2) is 14.4 Å². The highest BCUT2D eigenvalue weighted by molar-refractivity contribution is 5.90. The maximum Gasteiger partial charge on any atom is 0.338 e. The lowest BCUT2D eigenvalue weighted by Gasteiger charge is -2.02. The summed E-state index contributed by atoms with van der Waals surface area (Å²) in [5.74, 6) is -1.03. The fourth-order valence-electron chi connectivity index (χ4n) is 3.87. The third-order valence-electron chi connectivity index (χ3n) is 6.63. The second-order valence-electron chi connectivity index (χ2n) is 10.7. The molecule has 0 atom stereocenters. The number of esters is 3. The molecule has 0 saturated carbocycles. The van der Waals surface area contributed by atoms with E-state index < -0.39 is 0 Å². The maximum absolute atomic E-state index is 11.6. The summed E-state index contributed by atoms with van der Waals surface area (Å²) < 4.78 is 15.2. The van der Waals surface area contributed by atoms with E-state index in [0.717, 1.165) is 6.42 Å². The zero-order valence-electron chi connectivity index (χ0n) is 29.1. The van der Waals surface area contributed by atoms with Crippen molar-refractivity contribution < 1.29 is 28.6 Å². The minimum absolute atomic E-state index is 0.136. The Morgan fingerprint density at radius 1 is 0.417 bits per heavy atom. The van der Waals surface area contributed by atoms with E-state index in [-0.39, 0.29) is 31.1 Å². The summed E-state index contributed by atoms with van der Waals surface area (Å²) in [7, 11) is 0. The number of allylic oxidation sites excluding steroid dienone is 3. The molecule has 6 heteroatoms. The van der Waals surface area contributed by atoms with E-state index in [1.165, 1.54) is 51.4 Å². The van der Waals surface area contributed by atoms with Gasteiger partial charge >= 0.3 is 17.9 Å². The molecule has 48 heavy (non-hydrogen) atoms. The highest BCUT2D eigenvalue weighted by atomic mass is 16.5. The number of carbonyl (C=O) groups excluding carboxylic acids is 3. The Morgan fingerprint density at radius 2 is 0.667 bits per heavy atom. The topological polar surface area (TPSA) is 78.9 Å². The minimum atomic E-state index is -0.383. The Hall–Kier alpha value is -4.71. The van der Waals surface area contributed by atoms with Crippen molar-refractivity contribution in [2.24, 2.45) is 0 Å². The second kappa shape index (κ2) is 29.7. The van der Waals surface area contributed by atoms with Crippen LogP contribution in [0.2, 0.25) is 0 Å². The Morgan fingerprint density at radius 3 is 0.938 bits per heavy atom. The van der Waals surface area contributed by atoms with Crippen LogP contribution < -0.4 is 0 Å². The van der Waals surface area contributed by atoms with Crippen LogP contribution in [0.5, 0.6) is 0 Å². The van der Waals surface area contributed by atoms with Gasteiger partial charge in [0.15, 0.2) is 0 Å². The fourth-order valence-corrected chi connectivity index (χ4v) is 3.87. The molecule has 3 aromatic rings. The molecule has 258 valence electrons. The molecule has 0 saturated heterocycles. The van der Waals surface area contributed by atoms with Crippen molar-refractivity contribution in [3.63, 3.8) is 0 Å². The molecule has 6 nitrogen and oxygen atoms in total. The number of ether oxygens (including phenoxy) is 3. The molecular weight excluding hydrogens is 600 g/mol. The molecule has 0 heterocycles. The van der Waals surface area contributed by atoms with Gasteiger partial charge in [0.25, 0.3) is 0 Å². The number of rotatable bonds is 18. The summed E-state index contributed by atoms with van der Waals surface area (Å²) in [5.41, 5.74) is 1.61. The van der Waals surface area contributed by atoms with E-state index in [4.69, 9.17) is 14.2 Å². The van der Waals surface area contributed by atoms with Crippen molar-refractivity contribution in [2.75, 3.05) is 19.8 Å². The molecular formula is C42H54O6. The number of carbonyl (C=O) groups is 3. The summed E-state index contributed by atoms with van der Waals surface area (Å²) in [6.07, 6.45) is 23.2. The average molecular weight is 655 g/mol. The predicted octanol–water partition coefficient (Wildman–Crippen LogP) is 10.8. The van der Waals surface area contributed by atoms with Crippen molar-refractivity contribution in [1.82, 2.24) is 0 Å². The van der Waals surface area contributed by atoms with Gasteiger partial charge in [-0.15, -0.1) is 0 Å². The van der Waals surface area contributed by atoms with Crippen molar-refractivity contribution in [3.8, 4) is 0 Å². The Balaban J connectivity index is 0.000000389. The Kier molecular flexibility index (Phi) is 25.5. The smallest absolute Gasteiger partial charge is 0.338 e. The zero-order valence-corrected chi connectivity index (χ0v) is 29.1. The molecule has 3 aromatic carbocycles. The molecule has 0 fully saturated rings. The highest BCUT2D eigenvalue weighted by Gasteiger charge is 2.05. The van der Waals surface area contributed by atoms with Gasteiger partial charge in [0.1, 0.15) is 19.8 Å². The summed E-state index contributed by atoms with van der Waals surface area (Å²) in [5, 5.41) is 0. The van der Waals surface area contributed by atoms with Crippen LogP contribution in [-0.4, -0.2) is 37.7 Å². The van der Waals surface area contributed by atoms with Crippen LogP contribution in [-0.2, 0) is 14.2 Å². The predicted molar refractivity (Wildman–Crippen MR) is 196 cm³/mol. The van der Waals surface area contributed by atoms with Gasteiger partial charge in [-0.2, -0.15) is 0 Å². The van der Waals surface area contributed by atoms with Gasteiger partial charge < -0.3 is 14.2 Å². The van der Waals surface area contributed by atoms with Crippen LogP contribution in [0.3, 0.4) is 0 Å². The van der Waals surface area contributed by atoms with Gasteiger partial charge in [0, 0.05) is 0 Å². The molecule has 0 amide bonds. The van der Waals surface area contributed by atoms with Crippen molar-refractivity contribution in [1.29, 1.82) is 0 Å². The molecule has 0 aliphatic rings. The van der Waals surface area contributed by atoms with Crippen LogP contribution in [0.1, 0.15) is 110 Å². The minimum Gasteiger partial charge on any atom is -0.458 e. The normalized spacial score (nSPS) is 10.6. The lowest BCUT2D eigenvalue weighted by molar-refractivity contribution is 0.0527. The first kappa shape index (κ1) is 41.3. The Labute approximate surface area is 288 Å². The van der Waals surface area contributed by atoms with Gasteiger partial charge in [0.05, 0.1) is 16.7 Å². The lowest BCUT2D eigenvalue weighted by atomic mass is 10.2. The average Bonchev–Trinajstić information content (AvgIpc) is 3.14. The fraction of sp³-hybridized carbons (Fsp3) is 0.357. The summed E-state index contributed by atoms with van der Waals surface area (Å²) in [6.45, 7) is 7.26. The molecule has 0 unspecified atom stereocenters. The summed E-state index contributed by atoms with van der Waals surface area (Å²) >= 11 is 0. The number of hydrogen-bond acceptors (Lipinski definition) is 6. The zero-order chi connectivity index (χ0) is 34.9. The monoisotopic (exact) mass is 654 g/mol. The standard InChI is InChI=1S/C18H16O4.C14H18O2.C10H20/c19-17(15-9-3-1-4-10-15)21-13-7-8-14-22-18(20)16-11-5-2-6-12-16;1-2-3-4-5-9-12-16-14(15)13-10-7-6-8-11-13;1-3-5-7-9-10-8-6-4-2/h1-12H,13-14H2;5-11H,2-4,12H2,1H3;9-10H,3-8H2,1-2H3. The number of unbranched alkanes of at least 4 members (excludes halogenated alkanes) is 6. The molecule has 3 rings (SSSR count). The van der Waals surface area contributed by atoms with Crippen LogP contribution in [0.15, 0.2) is 127 Å². The first-order valence-electron chi connectivity index (χ1n) is 17.1. The molecule has 0 radical (unpaired) electrons. The molecule has 0 aliphatic heterocycles. The molecule has 0 aliphatic carbocycles. The van der Waals surface area contributed by atoms with E-state index in [9.17, 15) is 14.4 Å². The van der Waals surface area contributed by atoms with E-state index in [0.29, 0.717) is 23.3 Å². The number of hydrogen-bond donors (Lipinski definition) is 0. The summed E-state index contributed by atoms with van der Waals surface area (Å²) in [4.78, 5) is 34.7. The van der Waals surface area contributed by atoms with Crippen molar-refractivity contribution in [3.05, 3.63) is 144 Å². The van der Waals surface area contributed by atoms with Gasteiger partial charge in [0.2, 0.25) is 0 Å².